The highest BCUT2D eigenvalue weighted by atomic mass is 16.5. The van der Waals surface area contributed by atoms with Gasteiger partial charge in [0.15, 0.2) is 12.0 Å². The molecule has 19 heavy (non-hydrogen) atoms. The van der Waals surface area contributed by atoms with Crippen molar-refractivity contribution in [2.45, 2.75) is 6.61 Å². The number of methoxy groups -OCH3 is 1. The van der Waals surface area contributed by atoms with E-state index in [-0.39, 0.29) is 12.3 Å². The Balaban J connectivity index is 2.43. The summed E-state index contributed by atoms with van der Waals surface area (Å²) in [5, 5.41) is 7.65. The number of nitrogens with two attached hydrogens (primary N) is 1. The molecule has 0 saturated carbocycles. The maximum Gasteiger partial charge on any atom is 0.248 e. The van der Waals surface area contributed by atoms with Gasteiger partial charge in [-0.15, -0.1) is 5.10 Å². The Bertz CT molecular complexity index is 604. The highest BCUT2D eigenvalue weighted by molar-refractivity contribution is 5.92. The van der Waals surface area contributed by atoms with Crippen molar-refractivity contribution in [1.29, 1.82) is 0 Å². The van der Waals surface area contributed by atoms with Crippen LogP contribution in [0.4, 0.5) is 0 Å². The lowest BCUT2D eigenvalue weighted by Gasteiger charge is -2.06. The number of amides is 1. The molecule has 0 radical (unpaired) electrons. The molecule has 1 amide bonds. The first-order valence-corrected chi connectivity index (χ1v) is 5.46. The molecule has 1 aromatic carbocycles. The number of ether oxygens (including phenoxy) is 1. The molecule has 2 N–H and O–H groups in total. The summed E-state index contributed by atoms with van der Waals surface area (Å²) in [5.74, 6) is -0.504. The molecular formula is C12H12N4O3. The van der Waals surface area contributed by atoms with Crippen LogP contribution in [0.1, 0.15) is 26.5 Å². The highest BCUT2D eigenvalue weighted by Gasteiger charge is 2.13. The van der Waals surface area contributed by atoms with Crippen LogP contribution in [-0.2, 0) is 11.3 Å². The van der Waals surface area contributed by atoms with Gasteiger partial charge in [-0.3, -0.25) is 9.59 Å². The summed E-state index contributed by atoms with van der Waals surface area (Å²) < 4.78 is 6.50. The van der Waals surface area contributed by atoms with E-state index < -0.39 is 5.91 Å². The standard InChI is InChI=1S/C12H12N4O3/c1-19-7-11-10(6-17)14-15-16(11)9-4-2-8(3-5-9)12(13)18/h2-6H,7H2,1H3,(H2,13,18). The fraction of sp³-hybridized carbons (Fsp3) is 0.167. The van der Waals surface area contributed by atoms with E-state index in [1.54, 1.807) is 24.3 Å². The number of rotatable bonds is 5. The van der Waals surface area contributed by atoms with E-state index in [1.807, 2.05) is 0 Å². The predicted molar refractivity (Wildman–Crippen MR) is 66.0 cm³/mol. The molecule has 2 aromatic rings. The van der Waals surface area contributed by atoms with Gasteiger partial charge in [-0.1, -0.05) is 5.21 Å². The van der Waals surface area contributed by atoms with Gasteiger partial charge in [0, 0.05) is 12.7 Å². The zero-order valence-corrected chi connectivity index (χ0v) is 10.2. The van der Waals surface area contributed by atoms with Crippen molar-refractivity contribution in [2.24, 2.45) is 5.73 Å². The van der Waals surface area contributed by atoms with Gasteiger partial charge in [0.25, 0.3) is 0 Å². The lowest BCUT2D eigenvalue weighted by Crippen LogP contribution is -2.11. The zero-order chi connectivity index (χ0) is 13.8. The molecular weight excluding hydrogens is 248 g/mol. The maximum atomic E-state index is 11.0. The number of nitrogens with zero attached hydrogens (tertiary/aromatic N) is 3. The van der Waals surface area contributed by atoms with Gasteiger partial charge in [-0.25, -0.2) is 4.68 Å². The molecule has 7 heteroatoms. The SMILES string of the molecule is COCc1c(C=O)nnn1-c1ccc(C(N)=O)cc1. The van der Waals surface area contributed by atoms with Crippen molar-refractivity contribution in [3.8, 4) is 5.69 Å². The molecule has 7 nitrogen and oxygen atoms in total. The van der Waals surface area contributed by atoms with E-state index in [2.05, 4.69) is 10.3 Å². The van der Waals surface area contributed by atoms with Crippen LogP contribution in [0, 0.1) is 0 Å². The number of hydrogen-bond donors (Lipinski definition) is 1. The topological polar surface area (TPSA) is 100 Å². The van der Waals surface area contributed by atoms with Crippen molar-refractivity contribution < 1.29 is 14.3 Å². The van der Waals surface area contributed by atoms with Crippen LogP contribution in [-0.4, -0.2) is 34.3 Å². The Morgan fingerprint density at radius 3 is 2.63 bits per heavy atom. The molecule has 2 rings (SSSR count). The third-order valence-corrected chi connectivity index (χ3v) is 2.58. The quantitative estimate of drug-likeness (QED) is 0.780. The van der Waals surface area contributed by atoms with Gasteiger partial charge < -0.3 is 10.5 Å². The number of primary amides is 1. The number of carbonyl (C=O) groups is 2. The Labute approximate surface area is 109 Å². The van der Waals surface area contributed by atoms with E-state index in [0.717, 1.165) is 0 Å². The molecule has 0 atom stereocenters. The van der Waals surface area contributed by atoms with Crippen molar-refractivity contribution in [2.75, 3.05) is 7.11 Å². The third-order valence-electron chi connectivity index (χ3n) is 2.58. The molecule has 1 aromatic heterocycles. The van der Waals surface area contributed by atoms with Crippen LogP contribution in [0.3, 0.4) is 0 Å². The second kappa shape index (κ2) is 5.40. The summed E-state index contributed by atoms with van der Waals surface area (Å²) in [6, 6.07) is 6.50. The summed E-state index contributed by atoms with van der Waals surface area (Å²) in [5.41, 5.74) is 6.99. The fourth-order valence-corrected chi connectivity index (χ4v) is 1.65. The summed E-state index contributed by atoms with van der Waals surface area (Å²) in [7, 11) is 1.52. The number of aromatic nitrogens is 3. The summed E-state index contributed by atoms with van der Waals surface area (Å²) >= 11 is 0. The van der Waals surface area contributed by atoms with E-state index in [4.69, 9.17) is 10.5 Å². The normalized spacial score (nSPS) is 10.4. The Morgan fingerprint density at radius 2 is 2.11 bits per heavy atom. The van der Waals surface area contributed by atoms with Crippen molar-refractivity contribution in [3.05, 3.63) is 41.2 Å². The van der Waals surface area contributed by atoms with E-state index >= 15 is 0 Å². The average molecular weight is 260 g/mol. The molecule has 0 saturated heterocycles. The van der Waals surface area contributed by atoms with Gasteiger partial charge in [-0.05, 0) is 24.3 Å². The lowest BCUT2D eigenvalue weighted by molar-refractivity contribution is 0.1000. The molecule has 0 spiro atoms. The van der Waals surface area contributed by atoms with Crippen molar-refractivity contribution in [1.82, 2.24) is 15.0 Å². The minimum atomic E-state index is -0.504. The Hall–Kier alpha value is -2.54. The number of benzene rings is 1. The summed E-state index contributed by atoms with van der Waals surface area (Å²) in [6.07, 6.45) is 0.621. The zero-order valence-electron chi connectivity index (χ0n) is 10.2. The Kier molecular flexibility index (Phi) is 3.67. The van der Waals surface area contributed by atoms with Crippen LogP contribution in [0.15, 0.2) is 24.3 Å². The van der Waals surface area contributed by atoms with Crippen LogP contribution in [0.5, 0.6) is 0 Å². The molecule has 0 unspecified atom stereocenters. The first-order valence-electron chi connectivity index (χ1n) is 5.46. The van der Waals surface area contributed by atoms with Crippen molar-refractivity contribution in [3.63, 3.8) is 0 Å². The summed E-state index contributed by atoms with van der Waals surface area (Å²) in [6.45, 7) is 0.207. The van der Waals surface area contributed by atoms with Crippen LogP contribution in [0.2, 0.25) is 0 Å². The molecule has 98 valence electrons. The fourth-order valence-electron chi connectivity index (χ4n) is 1.65. The monoisotopic (exact) mass is 260 g/mol. The largest absolute Gasteiger partial charge is 0.378 e. The van der Waals surface area contributed by atoms with Gasteiger partial charge in [0.1, 0.15) is 5.69 Å². The molecule has 0 aliphatic rings. The lowest BCUT2D eigenvalue weighted by atomic mass is 10.2. The first-order chi connectivity index (χ1) is 9.17. The molecule has 0 aliphatic heterocycles. The van der Waals surface area contributed by atoms with Gasteiger partial charge in [-0.2, -0.15) is 0 Å². The molecule has 0 bridgehead atoms. The molecule has 0 fully saturated rings. The Morgan fingerprint density at radius 1 is 1.42 bits per heavy atom. The van der Waals surface area contributed by atoms with Crippen LogP contribution >= 0.6 is 0 Å². The van der Waals surface area contributed by atoms with E-state index in [1.165, 1.54) is 11.8 Å². The van der Waals surface area contributed by atoms with Gasteiger partial charge in [0.2, 0.25) is 5.91 Å². The highest BCUT2D eigenvalue weighted by Crippen LogP contribution is 2.14. The number of hydrogen-bond acceptors (Lipinski definition) is 5. The smallest absolute Gasteiger partial charge is 0.248 e. The summed E-state index contributed by atoms with van der Waals surface area (Å²) in [4.78, 5) is 21.8. The second-order valence-electron chi connectivity index (χ2n) is 3.80. The minimum absolute atomic E-state index is 0.207. The second-order valence-corrected chi connectivity index (χ2v) is 3.80. The molecule has 0 aliphatic carbocycles. The van der Waals surface area contributed by atoms with Gasteiger partial charge in [0.05, 0.1) is 12.3 Å². The maximum absolute atomic E-state index is 11.0. The van der Waals surface area contributed by atoms with E-state index in [9.17, 15) is 9.59 Å². The van der Waals surface area contributed by atoms with Gasteiger partial charge >= 0.3 is 0 Å². The minimum Gasteiger partial charge on any atom is -0.378 e. The predicted octanol–water partition coefficient (Wildman–Crippen LogP) is 0.325. The number of carbonyl (C=O) groups excluding carboxylic acids is 2. The van der Waals surface area contributed by atoms with Crippen molar-refractivity contribution >= 4 is 12.2 Å². The number of aldehydes is 1. The van der Waals surface area contributed by atoms with Crippen LogP contribution < -0.4 is 5.73 Å². The molecule has 1 heterocycles. The van der Waals surface area contributed by atoms with E-state index in [0.29, 0.717) is 23.2 Å². The third kappa shape index (κ3) is 2.50. The first kappa shape index (κ1) is 12.9. The van der Waals surface area contributed by atoms with Crippen LogP contribution in [0.25, 0.3) is 5.69 Å². The average Bonchev–Trinajstić information content (AvgIpc) is 2.82.